The molecule has 1 saturated carbocycles. The van der Waals surface area contributed by atoms with Crippen molar-refractivity contribution in [2.24, 2.45) is 5.92 Å². The van der Waals surface area contributed by atoms with Gasteiger partial charge in [-0.05, 0) is 43.7 Å². The topological polar surface area (TPSA) is 15.7 Å². The minimum atomic E-state index is 0.841. The SMILES string of the molecule is COc1cccc(N2CCN(C3CCC(C)CC3)CC2)c1. The molecule has 1 saturated heterocycles. The molecule has 3 nitrogen and oxygen atoms in total. The Hall–Kier alpha value is -1.22. The average molecular weight is 288 g/mol. The van der Waals surface area contributed by atoms with Crippen LogP contribution in [0.5, 0.6) is 5.75 Å². The van der Waals surface area contributed by atoms with Crippen molar-refractivity contribution in [3.63, 3.8) is 0 Å². The third-order valence-corrected chi connectivity index (χ3v) is 5.23. The van der Waals surface area contributed by atoms with Gasteiger partial charge in [0.05, 0.1) is 7.11 Å². The zero-order valence-electron chi connectivity index (χ0n) is 13.4. The van der Waals surface area contributed by atoms with E-state index >= 15 is 0 Å². The molecule has 0 aromatic heterocycles. The van der Waals surface area contributed by atoms with Gasteiger partial charge < -0.3 is 9.64 Å². The van der Waals surface area contributed by atoms with Crippen LogP contribution < -0.4 is 9.64 Å². The molecule has 1 aliphatic carbocycles. The number of hydrogen-bond donors (Lipinski definition) is 0. The summed E-state index contributed by atoms with van der Waals surface area (Å²) in [5, 5.41) is 0. The molecule has 0 bridgehead atoms. The molecule has 2 fully saturated rings. The first kappa shape index (κ1) is 14.7. The monoisotopic (exact) mass is 288 g/mol. The number of benzene rings is 1. The van der Waals surface area contributed by atoms with Gasteiger partial charge in [0, 0.05) is 44.0 Å². The standard InChI is InChI=1S/C18H28N2O/c1-15-6-8-16(9-7-15)19-10-12-20(13-11-19)17-4-3-5-18(14-17)21-2/h3-5,14-16H,6-13H2,1-2H3. The maximum atomic E-state index is 5.33. The van der Waals surface area contributed by atoms with Gasteiger partial charge in [0.1, 0.15) is 5.75 Å². The third-order valence-electron chi connectivity index (χ3n) is 5.23. The molecule has 0 unspecified atom stereocenters. The van der Waals surface area contributed by atoms with E-state index in [-0.39, 0.29) is 0 Å². The van der Waals surface area contributed by atoms with Crippen molar-refractivity contribution in [1.29, 1.82) is 0 Å². The third kappa shape index (κ3) is 3.52. The van der Waals surface area contributed by atoms with Crippen molar-refractivity contribution in [2.45, 2.75) is 38.6 Å². The summed E-state index contributed by atoms with van der Waals surface area (Å²) >= 11 is 0. The smallest absolute Gasteiger partial charge is 0.120 e. The van der Waals surface area contributed by atoms with Crippen molar-refractivity contribution >= 4 is 5.69 Å². The zero-order chi connectivity index (χ0) is 14.7. The highest BCUT2D eigenvalue weighted by molar-refractivity contribution is 5.51. The summed E-state index contributed by atoms with van der Waals surface area (Å²) in [7, 11) is 1.74. The first-order chi connectivity index (χ1) is 10.3. The van der Waals surface area contributed by atoms with Gasteiger partial charge in [-0.2, -0.15) is 0 Å². The number of nitrogens with zero attached hydrogens (tertiary/aromatic N) is 2. The van der Waals surface area contributed by atoms with Crippen LogP contribution in [0.15, 0.2) is 24.3 Å². The second kappa shape index (κ2) is 6.69. The van der Waals surface area contributed by atoms with Gasteiger partial charge in [0.15, 0.2) is 0 Å². The highest BCUT2D eigenvalue weighted by Gasteiger charge is 2.27. The summed E-state index contributed by atoms with van der Waals surface area (Å²) in [5.41, 5.74) is 1.30. The van der Waals surface area contributed by atoms with E-state index in [0.717, 1.165) is 30.8 Å². The lowest BCUT2D eigenvalue weighted by atomic mass is 9.86. The van der Waals surface area contributed by atoms with E-state index in [9.17, 15) is 0 Å². The molecule has 0 N–H and O–H groups in total. The second-order valence-electron chi connectivity index (χ2n) is 6.64. The van der Waals surface area contributed by atoms with Crippen LogP contribution >= 0.6 is 0 Å². The summed E-state index contributed by atoms with van der Waals surface area (Å²) in [6.45, 7) is 7.09. The maximum Gasteiger partial charge on any atom is 0.120 e. The van der Waals surface area contributed by atoms with Gasteiger partial charge in [-0.15, -0.1) is 0 Å². The van der Waals surface area contributed by atoms with E-state index in [1.807, 2.05) is 6.07 Å². The van der Waals surface area contributed by atoms with Crippen molar-refractivity contribution in [3.8, 4) is 5.75 Å². The number of ether oxygens (including phenoxy) is 1. The van der Waals surface area contributed by atoms with Gasteiger partial charge in [0.25, 0.3) is 0 Å². The molecule has 0 atom stereocenters. The lowest BCUT2D eigenvalue weighted by molar-refractivity contribution is 0.133. The molecule has 116 valence electrons. The van der Waals surface area contributed by atoms with E-state index in [4.69, 9.17) is 4.74 Å². The molecule has 2 aliphatic rings. The maximum absolute atomic E-state index is 5.33. The van der Waals surface area contributed by atoms with Crippen molar-refractivity contribution in [1.82, 2.24) is 4.90 Å². The molecular weight excluding hydrogens is 260 g/mol. The van der Waals surface area contributed by atoms with Gasteiger partial charge >= 0.3 is 0 Å². The van der Waals surface area contributed by atoms with Crippen molar-refractivity contribution in [2.75, 3.05) is 38.2 Å². The molecule has 3 rings (SSSR count). The Morgan fingerprint density at radius 2 is 1.71 bits per heavy atom. The molecule has 1 aliphatic heterocycles. The average Bonchev–Trinajstić information content (AvgIpc) is 2.56. The molecule has 1 aromatic carbocycles. The fraction of sp³-hybridized carbons (Fsp3) is 0.667. The van der Waals surface area contributed by atoms with E-state index in [0.29, 0.717) is 0 Å². The molecule has 1 heterocycles. The number of piperazine rings is 1. The molecular formula is C18H28N2O. The second-order valence-corrected chi connectivity index (χ2v) is 6.64. The quantitative estimate of drug-likeness (QED) is 0.848. The Morgan fingerprint density at radius 1 is 1.00 bits per heavy atom. The Labute approximate surface area is 128 Å². The van der Waals surface area contributed by atoms with Gasteiger partial charge in [-0.3, -0.25) is 4.90 Å². The highest BCUT2D eigenvalue weighted by atomic mass is 16.5. The molecule has 3 heteroatoms. The minimum absolute atomic E-state index is 0.841. The first-order valence-electron chi connectivity index (χ1n) is 8.39. The Bertz CT molecular complexity index is 446. The number of rotatable bonds is 3. The van der Waals surface area contributed by atoms with Crippen LogP contribution in [0.25, 0.3) is 0 Å². The fourth-order valence-electron chi connectivity index (χ4n) is 3.76. The van der Waals surface area contributed by atoms with Crippen LogP contribution in [0.2, 0.25) is 0 Å². The molecule has 0 amide bonds. The first-order valence-corrected chi connectivity index (χ1v) is 8.39. The van der Waals surface area contributed by atoms with E-state index in [1.54, 1.807) is 7.11 Å². The van der Waals surface area contributed by atoms with E-state index < -0.39 is 0 Å². The number of methoxy groups -OCH3 is 1. The van der Waals surface area contributed by atoms with Crippen molar-refractivity contribution < 1.29 is 4.74 Å². The highest BCUT2D eigenvalue weighted by Crippen LogP contribution is 2.29. The predicted octanol–water partition coefficient (Wildman–Crippen LogP) is 3.40. The van der Waals surface area contributed by atoms with Crippen LogP contribution in [-0.2, 0) is 0 Å². The largest absolute Gasteiger partial charge is 0.497 e. The lowest BCUT2D eigenvalue weighted by Crippen LogP contribution is -2.51. The van der Waals surface area contributed by atoms with E-state index in [2.05, 4.69) is 34.9 Å². The summed E-state index contributed by atoms with van der Waals surface area (Å²) in [6, 6.07) is 9.29. The van der Waals surface area contributed by atoms with Gasteiger partial charge in [0.2, 0.25) is 0 Å². The summed E-state index contributed by atoms with van der Waals surface area (Å²) in [6.07, 6.45) is 5.64. The van der Waals surface area contributed by atoms with Crippen LogP contribution in [-0.4, -0.2) is 44.2 Å². The van der Waals surface area contributed by atoms with Gasteiger partial charge in [-0.1, -0.05) is 13.0 Å². The van der Waals surface area contributed by atoms with Crippen LogP contribution in [0.4, 0.5) is 5.69 Å². The number of anilines is 1. The molecule has 21 heavy (non-hydrogen) atoms. The zero-order valence-corrected chi connectivity index (χ0v) is 13.4. The van der Waals surface area contributed by atoms with Crippen LogP contribution in [0, 0.1) is 5.92 Å². The van der Waals surface area contributed by atoms with Crippen molar-refractivity contribution in [3.05, 3.63) is 24.3 Å². The normalized spacial score (nSPS) is 27.6. The van der Waals surface area contributed by atoms with Crippen LogP contribution in [0.3, 0.4) is 0 Å². The summed E-state index contributed by atoms with van der Waals surface area (Å²) in [5.74, 6) is 1.90. The molecule has 1 aromatic rings. The summed E-state index contributed by atoms with van der Waals surface area (Å²) in [4.78, 5) is 5.22. The van der Waals surface area contributed by atoms with E-state index in [1.165, 1.54) is 44.5 Å². The Morgan fingerprint density at radius 3 is 2.38 bits per heavy atom. The Balaban J connectivity index is 1.55. The lowest BCUT2D eigenvalue weighted by Gasteiger charge is -2.42. The van der Waals surface area contributed by atoms with Crippen LogP contribution in [0.1, 0.15) is 32.6 Å². The minimum Gasteiger partial charge on any atom is -0.497 e. The molecule has 0 spiro atoms. The predicted molar refractivity (Wildman–Crippen MR) is 88.2 cm³/mol. The fourth-order valence-corrected chi connectivity index (χ4v) is 3.76. The Kier molecular flexibility index (Phi) is 4.69. The summed E-state index contributed by atoms with van der Waals surface area (Å²) < 4.78 is 5.33. The molecule has 0 radical (unpaired) electrons. The number of hydrogen-bond acceptors (Lipinski definition) is 3. The van der Waals surface area contributed by atoms with Gasteiger partial charge in [-0.25, -0.2) is 0 Å².